The Morgan fingerprint density at radius 1 is 0.897 bits per heavy atom. The molecule has 0 saturated heterocycles. The summed E-state index contributed by atoms with van der Waals surface area (Å²) < 4.78 is 29.0. The molecular weight excluding hydrogens is 499 g/mol. The smallest absolute Gasteiger partial charge is 0.261 e. The minimum absolute atomic E-state index is 0.128. The lowest BCUT2D eigenvalue weighted by atomic mass is 10.1. The van der Waals surface area contributed by atoms with Gasteiger partial charge in [0.1, 0.15) is 0 Å². The van der Waals surface area contributed by atoms with Crippen molar-refractivity contribution in [2.75, 3.05) is 10.0 Å². The quantitative estimate of drug-likeness (QED) is 0.451. The Hall–Kier alpha value is -2.39. The van der Waals surface area contributed by atoms with Gasteiger partial charge in [0.05, 0.1) is 16.1 Å². The molecule has 29 heavy (non-hydrogen) atoms. The number of rotatable bonds is 5. The van der Waals surface area contributed by atoms with Crippen molar-refractivity contribution >= 4 is 49.9 Å². The summed E-state index contributed by atoms with van der Waals surface area (Å²) in [6, 6.07) is 17.3. The fourth-order valence-electron chi connectivity index (χ4n) is 2.89. The second-order valence-corrected chi connectivity index (χ2v) is 9.68. The van der Waals surface area contributed by atoms with Crippen molar-refractivity contribution in [1.29, 1.82) is 0 Å². The molecule has 0 aliphatic heterocycles. The minimum atomic E-state index is -3.73. The van der Waals surface area contributed by atoms with Crippen LogP contribution in [0.3, 0.4) is 0 Å². The van der Waals surface area contributed by atoms with Gasteiger partial charge in [0.25, 0.3) is 15.9 Å². The van der Waals surface area contributed by atoms with E-state index in [0.717, 1.165) is 20.3 Å². The van der Waals surface area contributed by atoms with Crippen molar-refractivity contribution in [3.63, 3.8) is 0 Å². The molecule has 5 nitrogen and oxygen atoms in total. The van der Waals surface area contributed by atoms with Gasteiger partial charge in [0.15, 0.2) is 0 Å². The van der Waals surface area contributed by atoms with Gasteiger partial charge in [-0.2, -0.15) is 0 Å². The average Bonchev–Trinajstić information content (AvgIpc) is 2.65. The fourth-order valence-corrected chi connectivity index (χ4v) is 5.01. The normalized spacial score (nSPS) is 11.2. The highest BCUT2D eigenvalue weighted by Gasteiger charge is 2.17. The first kappa shape index (κ1) is 21.3. The minimum Gasteiger partial charge on any atom is -0.322 e. The number of carbonyl (C=O) groups is 1. The molecule has 3 rings (SSSR count). The molecule has 0 aromatic heterocycles. The van der Waals surface area contributed by atoms with Crippen LogP contribution in [-0.2, 0) is 10.0 Å². The molecule has 0 aliphatic carbocycles. The molecule has 0 atom stereocenters. The van der Waals surface area contributed by atoms with E-state index in [4.69, 9.17) is 0 Å². The molecular formula is C22H21IN2O3S. The molecule has 0 unspecified atom stereocenters. The van der Waals surface area contributed by atoms with Gasteiger partial charge in [-0.3, -0.25) is 9.52 Å². The van der Waals surface area contributed by atoms with Gasteiger partial charge in [-0.05, 0) is 90.9 Å². The summed E-state index contributed by atoms with van der Waals surface area (Å²) in [6.07, 6.45) is 0. The van der Waals surface area contributed by atoms with Gasteiger partial charge < -0.3 is 5.32 Å². The van der Waals surface area contributed by atoms with Gasteiger partial charge in [-0.25, -0.2) is 8.42 Å². The van der Waals surface area contributed by atoms with E-state index in [1.807, 2.05) is 51.1 Å². The summed E-state index contributed by atoms with van der Waals surface area (Å²) in [5, 5.41) is 2.81. The Balaban J connectivity index is 1.78. The molecule has 0 saturated carbocycles. The van der Waals surface area contributed by atoms with E-state index in [1.54, 1.807) is 18.2 Å². The SMILES string of the molecule is Cc1ccc(C(=O)Nc2ccc(S(=O)(=O)Nc3c(C)cccc3C)cc2)c(I)c1. The van der Waals surface area contributed by atoms with E-state index in [1.165, 1.54) is 12.1 Å². The zero-order valence-electron chi connectivity index (χ0n) is 16.3. The number of para-hydroxylation sites is 1. The molecule has 7 heteroatoms. The second-order valence-electron chi connectivity index (χ2n) is 6.83. The third-order valence-electron chi connectivity index (χ3n) is 4.51. The Morgan fingerprint density at radius 2 is 1.52 bits per heavy atom. The predicted octanol–water partition coefficient (Wildman–Crippen LogP) is 5.27. The van der Waals surface area contributed by atoms with Crippen molar-refractivity contribution in [3.8, 4) is 0 Å². The van der Waals surface area contributed by atoms with Crippen molar-refractivity contribution in [1.82, 2.24) is 0 Å². The lowest BCUT2D eigenvalue weighted by molar-refractivity contribution is 0.102. The maximum absolute atomic E-state index is 12.7. The number of aryl methyl sites for hydroxylation is 3. The molecule has 0 fully saturated rings. The maximum atomic E-state index is 12.7. The lowest BCUT2D eigenvalue weighted by Crippen LogP contribution is -2.16. The summed E-state index contributed by atoms with van der Waals surface area (Å²) in [4.78, 5) is 12.6. The van der Waals surface area contributed by atoms with Gasteiger partial charge in [0, 0.05) is 9.26 Å². The first-order chi connectivity index (χ1) is 13.7. The highest BCUT2D eigenvalue weighted by atomic mass is 127. The summed E-state index contributed by atoms with van der Waals surface area (Å²) in [5.41, 5.74) is 4.47. The van der Waals surface area contributed by atoms with E-state index >= 15 is 0 Å². The Bertz CT molecular complexity index is 1150. The topological polar surface area (TPSA) is 75.3 Å². The zero-order valence-corrected chi connectivity index (χ0v) is 19.3. The van der Waals surface area contributed by atoms with Crippen LogP contribution in [0.5, 0.6) is 0 Å². The third-order valence-corrected chi connectivity index (χ3v) is 6.77. The molecule has 0 aliphatic rings. The van der Waals surface area contributed by atoms with Crippen molar-refractivity contribution in [2.45, 2.75) is 25.7 Å². The standard InChI is InChI=1S/C22H21IN2O3S/c1-14-7-12-19(20(23)13-14)22(26)24-17-8-10-18(11-9-17)29(27,28)25-21-15(2)5-4-6-16(21)3/h4-13,25H,1-3H3,(H,24,26). The van der Waals surface area contributed by atoms with Crippen LogP contribution < -0.4 is 10.0 Å². The number of halogens is 1. The van der Waals surface area contributed by atoms with Crippen molar-refractivity contribution in [2.24, 2.45) is 0 Å². The van der Waals surface area contributed by atoms with Crippen LogP contribution in [0.15, 0.2) is 65.6 Å². The van der Waals surface area contributed by atoms with E-state index in [-0.39, 0.29) is 10.8 Å². The third kappa shape index (κ3) is 4.97. The molecule has 0 spiro atoms. The first-order valence-corrected chi connectivity index (χ1v) is 11.5. The number of hydrogen-bond acceptors (Lipinski definition) is 3. The highest BCUT2D eigenvalue weighted by Crippen LogP contribution is 2.24. The van der Waals surface area contributed by atoms with Gasteiger partial charge in [0.2, 0.25) is 0 Å². The summed E-state index contributed by atoms with van der Waals surface area (Å²) in [7, 11) is -3.73. The molecule has 0 radical (unpaired) electrons. The Kier molecular flexibility index (Phi) is 6.28. The van der Waals surface area contributed by atoms with Crippen LogP contribution >= 0.6 is 22.6 Å². The summed E-state index contributed by atoms with van der Waals surface area (Å²) >= 11 is 2.13. The number of amides is 1. The van der Waals surface area contributed by atoms with Gasteiger partial charge in [-0.1, -0.05) is 29.8 Å². The molecule has 3 aromatic rings. The maximum Gasteiger partial charge on any atom is 0.261 e. The van der Waals surface area contributed by atoms with Crippen molar-refractivity contribution < 1.29 is 13.2 Å². The molecule has 0 heterocycles. The molecule has 3 aromatic carbocycles. The van der Waals surface area contributed by atoms with Gasteiger partial charge >= 0.3 is 0 Å². The Morgan fingerprint density at radius 3 is 2.10 bits per heavy atom. The largest absolute Gasteiger partial charge is 0.322 e. The average molecular weight is 520 g/mol. The van der Waals surface area contributed by atoms with Crippen LogP contribution in [0, 0.1) is 24.3 Å². The zero-order chi connectivity index (χ0) is 21.2. The number of sulfonamides is 1. The number of nitrogens with one attached hydrogen (secondary N) is 2. The summed E-state index contributed by atoms with van der Waals surface area (Å²) in [5.74, 6) is -0.237. The van der Waals surface area contributed by atoms with E-state index in [0.29, 0.717) is 16.9 Å². The number of anilines is 2. The van der Waals surface area contributed by atoms with Crippen LogP contribution in [-0.4, -0.2) is 14.3 Å². The van der Waals surface area contributed by atoms with Gasteiger partial charge in [-0.15, -0.1) is 0 Å². The van der Waals surface area contributed by atoms with Crippen LogP contribution in [0.4, 0.5) is 11.4 Å². The first-order valence-electron chi connectivity index (χ1n) is 8.94. The monoisotopic (exact) mass is 520 g/mol. The van der Waals surface area contributed by atoms with Crippen LogP contribution in [0.25, 0.3) is 0 Å². The second kappa shape index (κ2) is 8.54. The van der Waals surface area contributed by atoms with Crippen LogP contribution in [0.2, 0.25) is 0 Å². The number of carbonyl (C=O) groups excluding carboxylic acids is 1. The highest BCUT2D eigenvalue weighted by molar-refractivity contribution is 14.1. The lowest BCUT2D eigenvalue weighted by Gasteiger charge is -2.13. The number of benzene rings is 3. The van der Waals surface area contributed by atoms with Crippen molar-refractivity contribution in [3.05, 3.63) is 86.5 Å². The summed E-state index contributed by atoms with van der Waals surface area (Å²) in [6.45, 7) is 5.68. The van der Waals surface area contributed by atoms with E-state index in [2.05, 4.69) is 32.6 Å². The number of hydrogen-bond donors (Lipinski definition) is 2. The molecule has 1 amide bonds. The Labute approximate surface area is 184 Å². The molecule has 0 bridgehead atoms. The fraction of sp³-hybridized carbons (Fsp3) is 0.136. The molecule has 2 N–H and O–H groups in total. The van der Waals surface area contributed by atoms with E-state index in [9.17, 15) is 13.2 Å². The predicted molar refractivity (Wildman–Crippen MR) is 125 cm³/mol. The van der Waals surface area contributed by atoms with Crippen LogP contribution in [0.1, 0.15) is 27.0 Å². The van der Waals surface area contributed by atoms with E-state index < -0.39 is 10.0 Å². The molecule has 150 valence electrons.